The Balaban J connectivity index is 1.80. The van der Waals surface area contributed by atoms with Crippen LogP contribution in [0.1, 0.15) is 22.3 Å². The topological polar surface area (TPSA) is 88.3 Å². The zero-order chi connectivity index (χ0) is 15.5. The lowest BCUT2D eigenvalue weighted by molar-refractivity contribution is -0.141. The van der Waals surface area contributed by atoms with Gasteiger partial charge in [0.15, 0.2) is 0 Å². The number of carboxylic acids is 1. The van der Waals surface area contributed by atoms with Crippen LogP contribution in [0.15, 0.2) is 36.9 Å². The van der Waals surface area contributed by atoms with Gasteiger partial charge >= 0.3 is 5.97 Å². The number of likely N-dealkylation sites (tertiary alicyclic amines) is 1. The fourth-order valence-electron chi connectivity index (χ4n) is 2.67. The maximum Gasteiger partial charge on any atom is 0.308 e. The molecule has 1 saturated heterocycles. The molecular formula is C15H16N4O3. The van der Waals surface area contributed by atoms with E-state index in [1.54, 1.807) is 22.0 Å². The minimum absolute atomic E-state index is 0.125. The highest BCUT2D eigenvalue weighted by molar-refractivity contribution is 5.96. The summed E-state index contributed by atoms with van der Waals surface area (Å²) in [5.74, 6) is -1.43. The van der Waals surface area contributed by atoms with Crippen molar-refractivity contribution in [3.8, 4) is 0 Å². The average molecular weight is 300 g/mol. The summed E-state index contributed by atoms with van der Waals surface area (Å²) in [7, 11) is 0. The zero-order valence-electron chi connectivity index (χ0n) is 11.9. The summed E-state index contributed by atoms with van der Waals surface area (Å²) in [5.41, 5.74) is 1.43. The Kier molecular flexibility index (Phi) is 3.86. The number of benzene rings is 1. The largest absolute Gasteiger partial charge is 0.481 e. The molecule has 0 aliphatic carbocycles. The molecule has 1 aromatic heterocycles. The number of hydrogen-bond acceptors (Lipinski definition) is 4. The van der Waals surface area contributed by atoms with E-state index < -0.39 is 11.9 Å². The predicted octanol–water partition coefficient (Wildman–Crippen LogP) is 0.873. The molecule has 7 heteroatoms. The second-order valence-electron chi connectivity index (χ2n) is 5.33. The molecule has 0 saturated carbocycles. The Morgan fingerprint density at radius 3 is 2.82 bits per heavy atom. The number of rotatable bonds is 4. The van der Waals surface area contributed by atoms with Gasteiger partial charge in [-0.15, -0.1) is 0 Å². The molecule has 1 fully saturated rings. The molecule has 114 valence electrons. The smallest absolute Gasteiger partial charge is 0.308 e. The Morgan fingerprint density at radius 1 is 1.32 bits per heavy atom. The second kappa shape index (κ2) is 5.97. The first kappa shape index (κ1) is 14.2. The van der Waals surface area contributed by atoms with Crippen molar-refractivity contribution in [1.82, 2.24) is 19.7 Å². The molecule has 0 radical (unpaired) electrons. The molecule has 2 heterocycles. The van der Waals surface area contributed by atoms with Gasteiger partial charge in [0.05, 0.1) is 12.5 Å². The lowest BCUT2D eigenvalue weighted by Gasteiger charge is -2.18. The van der Waals surface area contributed by atoms with E-state index in [-0.39, 0.29) is 12.5 Å². The maximum atomic E-state index is 12.7. The molecule has 7 nitrogen and oxygen atoms in total. The van der Waals surface area contributed by atoms with E-state index in [2.05, 4.69) is 10.1 Å². The van der Waals surface area contributed by atoms with Gasteiger partial charge < -0.3 is 10.0 Å². The molecule has 2 aromatic rings. The first-order valence-corrected chi connectivity index (χ1v) is 7.07. The van der Waals surface area contributed by atoms with Crippen molar-refractivity contribution in [2.24, 2.45) is 5.92 Å². The van der Waals surface area contributed by atoms with Gasteiger partial charge in [0, 0.05) is 18.7 Å². The van der Waals surface area contributed by atoms with Crippen molar-refractivity contribution in [2.75, 3.05) is 13.1 Å². The van der Waals surface area contributed by atoms with E-state index >= 15 is 0 Å². The molecule has 0 bridgehead atoms. The van der Waals surface area contributed by atoms with E-state index in [9.17, 15) is 9.59 Å². The first-order chi connectivity index (χ1) is 10.6. The summed E-state index contributed by atoms with van der Waals surface area (Å²) >= 11 is 0. The maximum absolute atomic E-state index is 12.7. The van der Waals surface area contributed by atoms with Crippen molar-refractivity contribution in [1.29, 1.82) is 0 Å². The zero-order valence-corrected chi connectivity index (χ0v) is 11.9. The van der Waals surface area contributed by atoms with Crippen molar-refractivity contribution in [2.45, 2.75) is 13.0 Å². The fourth-order valence-corrected chi connectivity index (χ4v) is 2.67. The Morgan fingerprint density at radius 2 is 2.14 bits per heavy atom. The van der Waals surface area contributed by atoms with Crippen LogP contribution in [0.2, 0.25) is 0 Å². The van der Waals surface area contributed by atoms with E-state index in [0.29, 0.717) is 25.1 Å². The van der Waals surface area contributed by atoms with Crippen LogP contribution < -0.4 is 0 Å². The van der Waals surface area contributed by atoms with Gasteiger partial charge in [-0.1, -0.05) is 18.2 Å². The van der Waals surface area contributed by atoms with Crippen molar-refractivity contribution in [3.05, 3.63) is 48.0 Å². The number of carbonyl (C=O) groups is 2. The summed E-state index contributed by atoms with van der Waals surface area (Å²) < 4.78 is 1.65. The fraction of sp³-hybridized carbons (Fsp3) is 0.333. The molecule has 0 unspecified atom stereocenters. The van der Waals surface area contributed by atoms with Gasteiger partial charge in [0.1, 0.15) is 12.7 Å². The van der Waals surface area contributed by atoms with E-state index in [0.717, 1.165) is 5.56 Å². The number of carboxylic acid groups (broad SMARTS) is 1. The van der Waals surface area contributed by atoms with Gasteiger partial charge in [0.2, 0.25) is 0 Å². The number of carbonyl (C=O) groups excluding carboxylic acids is 1. The molecule has 3 rings (SSSR count). The molecule has 1 aliphatic rings. The lowest BCUT2D eigenvalue weighted by atomic mass is 10.1. The minimum atomic E-state index is -0.841. The third-order valence-corrected chi connectivity index (χ3v) is 3.87. The molecule has 1 aliphatic heterocycles. The minimum Gasteiger partial charge on any atom is -0.481 e. The first-order valence-electron chi connectivity index (χ1n) is 7.07. The molecule has 0 spiro atoms. The molecule has 1 aromatic carbocycles. The van der Waals surface area contributed by atoms with Crippen LogP contribution in [0.25, 0.3) is 0 Å². The van der Waals surface area contributed by atoms with Gasteiger partial charge in [-0.2, -0.15) is 5.10 Å². The SMILES string of the molecule is O=C(O)[C@@H]1CCN(C(=O)c2ccccc2Cn2cncn2)C1. The molecular weight excluding hydrogens is 284 g/mol. The second-order valence-corrected chi connectivity index (χ2v) is 5.33. The third kappa shape index (κ3) is 2.83. The van der Waals surface area contributed by atoms with Crippen LogP contribution in [-0.4, -0.2) is 49.7 Å². The van der Waals surface area contributed by atoms with Crippen LogP contribution in [0.5, 0.6) is 0 Å². The number of aromatic nitrogens is 3. The van der Waals surface area contributed by atoms with Crippen molar-refractivity contribution < 1.29 is 14.7 Å². The normalized spacial score (nSPS) is 17.6. The van der Waals surface area contributed by atoms with Crippen LogP contribution >= 0.6 is 0 Å². The highest BCUT2D eigenvalue weighted by atomic mass is 16.4. The van der Waals surface area contributed by atoms with Crippen LogP contribution in [0.3, 0.4) is 0 Å². The van der Waals surface area contributed by atoms with Gasteiger partial charge in [-0.05, 0) is 18.1 Å². The molecule has 22 heavy (non-hydrogen) atoms. The monoisotopic (exact) mass is 300 g/mol. The Hall–Kier alpha value is -2.70. The van der Waals surface area contributed by atoms with E-state index in [4.69, 9.17) is 5.11 Å². The predicted molar refractivity (Wildman–Crippen MR) is 77.2 cm³/mol. The van der Waals surface area contributed by atoms with E-state index in [1.165, 1.54) is 6.33 Å². The standard InChI is InChI=1S/C15H16N4O3/c20-14(18-6-5-12(7-18)15(21)22)13-4-2-1-3-11(13)8-19-10-16-9-17-19/h1-4,9-10,12H,5-8H2,(H,21,22)/t12-/m1/s1. The Bertz CT molecular complexity index is 684. The third-order valence-electron chi connectivity index (χ3n) is 3.87. The number of amides is 1. The summed E-state index contributed by atoms with van der Waals surface area (Å²) in [6.07, 6.45) is 3.55. The van der Waals surface area contributed by atoms with Gasteiger partial charge in [-0.3, -0.25) is 9.59 Å². The van der Waals surface area contributed by atoms with Crippen LogP contribution in [0, 0.1) is 5.92 Å². The van der Waals surface area contributed by atoms with E-state index in [1.807, 2.05) is 18.2 Å². The summed E-state index contributed by atoms with van der Waals surface area (Å²) in [5, 5.41) is 13.1. The van der Waals surface area contributed by atoms with Crippen molar-refractivity contribution in [3.63, 3.8) is 0 Å². The highest BCUT2D eigenvalue weighted by Gasteiger charge is 2.31. The quantitative estimate of drug-likeness (QED) is 0.905. The average Bonchev–Trinajstić information content (AvgIpc) is 3.18. The number of hydrogen-bond donors (Lipinski definition) is 1. The molecule has 1 atom stereocenters. The molecule has 1 N–H and O–H groups in total. The van der Waals surface area contributed by atoms with Crippen LogP contribution in [-0.2, 0) is 11.3 Å². The summed E-state index contributed by atoms with van der Waals surface area (Å²) in [6.45, 7) is 1.21. The summed E-state index contributed by atoms with van der Waals surface area (Å²) in [6, 6.07) is 7.32. The van der Waals surface area contributed by atoms with Gasteiger partial charge in [-0.25, -0.2) is 9.67 Å². The number of nitrogens with zero attached hydrogens (tertiary/aromatic N) is 4. The number of aliphatic carboxylic acids is 1. The lowest BCUT2D eigenvalue weighted by Crippen LogP contribution is -2.30. The molecule has 1 amide bonds. The van der Waals surface area contributed by atoms with Crippen LogP contribution in [0.4, 0.5) is 0 Å². The Labute approximate surface area is 127 Å². The van der Waals surface area contributed by atoms with Gasteiger partial charge in [0.25, 0.3) is 5.91 Å². The summed E-state index contributed by atoms with van der Waals surface area (Å²) in [4.78, 5) is 29.2. The van der Waals surface area contributed by atoms with Crippen molar-refractivity contribution >= 4 is 11.9 Å². The highest BCUT2D eigenvalue weighted by Crippen LogP contribution is 2.21.